The fourth-order valence-corrected chi connectivity index (χ4v) is 4.75. The molecule has 0 radical (unpaired) electrons. The summed E-state index contributed by atoms with van der Waals surface area (Å²) in [6.45, 7) is 6.05. The summed E-state index contributed by atoms with van der Waals surface area (Å²) in [4.78, 5) is 35.5. The van der Waals surface area contributed by atoms with Crippen LogP contribution in [0.15, 0.2) is 53.4 Å². The zero-order chi connectivity index (χ0) is 28.9. The number of alkyl halides is 3. The quantitative estimate of drug-likeness (QED) is 0.243. The van der Waals surface area contributed by atoms with E-state index in [0.29, 0.717) is 5.56 Å². The molecule has 0 aliphatic rings. The molecule has 0 saturated carbocycles. The molecule has 38 heavy (non-hydrogen) atoms. The molecule has 0 unspecified atom stereocenters. The monoisotopic (exact) mass is 560 g/mol. The van der Waals surface area contributed by atoms with Gasteiger partial charge in [0, 0.05) is 12.5 Å². The number of sulfonamides is 1. The molecule has 10 nitrogen and oxygen atoms in total. The van der Waals surface area contributed by atoms with E-state index in [1.165, 1.54) is 31.2 Å². The van der Waals surface area contributed by atoms with Crippen LogP contribution >= 0.6 is 0 Å². The minimum absolute atomic E-state index is 0.101. The van der Waals surface area contributed by atoms with Gasteiger partial charge in [-0.25, -0.2) is 13.1 Å². The minimum Gasteiger partial charge on any atom is -0.460 e. The van der Waals surface area contributed by atoms with Gasteiger partial charge >= 0.3 is 12.3 Å². The number of para-hydroxylation sites is 1. The molecular formula is C24H27F3N2O8S. The number of carbonyl (C=O) groups is 2. The predicted molar refractivity (Wildman–Crippen MR) is 129 cm³/mol. The molecule has 0 heterocycles. The van der Waals surface area contributed by atoms with E-state index in [9.17, 15) is 41.3 Å². The van der Waals surface area contributed by atoms with Crippen molar-refractivity contribution < 1.29 is 45.6 Å². The summed E-state index contributed by atoms with van der Waals surface area (Å²) in [5.41, 5.74) is -1.19. The third kappa shape index (κ3) is 9.41. The molecule has 14 heteroatoms. The maximum absolute atomic E-state index is 12.9. The van der Waals surface area contributed by atoms with Gasteiger partial charge in [0.05, 0.1) is 16.9 Å². The lowest BCUT2D eigenvalue weighted by Crippen LogP contribution is -2.40. The molecule has 2 aromatic carbocycles. The van der Waals surface area contributed by atoms with Crippen LogP contribution in [0.5, 0.6) is 5.75 Å². The SMILES string of the molecule is C[C@H](NS(=O)(=O)c1ccccc1[N+](=O)[O-])C(=O)C[C@@H](Cc1ccc(OC(F)(F)F)cc1)C(=O)OC(C)(C)C. The summed E-state index contributed by atoms with van der Waals surface area (Å²) >= 11 is 0. The highest BCUT2D eigenvalue weighted by Gasteiger charge is 2.33. The maximum atomic E-state index is 12.9. The van der Waals surface area contributed by atoms with Crippen LogP contribution in [0.1, 0.15) is 39.7 Å². The Morgan fingerprint density at radius 1 is 1.05 bits per heavy atom. The van der Waals surface area contributed by atoms with Crippen molar-refractivity contribution in [2.75, 3.05) is 0 Å². The van der Waals surface area contributed by atoms with Crippen molar-refractivity contribution in [3.05, 3.63) is 64.2 Å². The number of carbonyl (C=O) groups excluding carboxylic acids is 2. The fourth-order valence-electron chi connectivity index (χ4n) is 3.35. The van der Waals surface area contributed by atoms with Gasteiger partial charge in [-0.3, -0.25) is 19.7 Å². The standard InChI is InChI=1S/C24H27F3N2O8S/c1-15(28-38(34,35)21-8-6-5-7-19(21)29(32)33)20(30)14-17(22(31)37-23(2,3)4)13-16-9-11-18(12-10-16)36-24(25,26)27/h5-12,15,17,28H,13-14H2,1-4H3/t15-,17+/m0/s1. The van der Waals surface area contributed by atoms with E-state index in [1.54, 1.807) is 20.8 Å². The van der Waals surface area contributed by atoms with Crippen LogP contribution in [0, 0.1) is 16.0 Å². The van der Waals surface area contributed by atoms with E-state index >= 15 is 0 Å². The first-order valence-electron chi connectivity index (χ1n) is 11.2. The first kappa shape index (κ1) is 30.7. The van der Waals surface area contributed by atoms with E-state index < -0.39 is 73.4 Å². The van der Waals surface area contributed by atoms with Crippen LogP contribution in [-0.4, -0.2) is 43.1 Å². The van der Waals surface area contributed by atoms with Gasteiger partial charge in [0.1, 0.15) is 11.4 Å². The Balaban J connectivity index is 2.22. The molecule has 208 valence electrons. The van der Waals surface area contributed by atoms with Crippen molar-refractivity contribution in [2.24, 2.45) is 5.92 Å². The second kappa shape index (κ2) is 11.9. The Kier molecular flexibility index (Phi) is 9.61. The number of Topliss-reactive ketones (excluding diaryl/α,β-unsaturated/α-hetero) is 1. The second-order valence-corrected chi connectivity index (χ2v) is 11.0. The molecule has 0 aliphatic heterocycles. The molecule has 2 atom stereocenters. The zero-order valence-electron chi connectivity index (χ0n) is 20.9. The van der Waals surface area contributed by atoms with Crippen molar-refractivity contribution in [2.45, 2.75) is 63.4 Å². The minimum atomic E-state index is -4.88. The molecule has 0 aromatic heterocycles. The number of hydrogen-bond donors (Lipinski definition) is 1. The average Bonchev–Trinajstić information content (AvgIpc) is 2.77. The van der Waals surface area contributed by atoms with E-state index in [0.717, 1.165) is 24.3 Å². The first-order chi connectivity index (χ1) is 17.4. The number of hydrogen-bond acceptors (Lipinski definition) is 8. The number of esters is 1. The highest BCUT2D eigenvalue weighted by Crippen LogP contribution is 2.26. The Morgan fingerprint density at radius 2 is 1.63 bits per heavy atom. The van der Waals surface area contributed by atoms with Gasteiger partial charge in [-0.15, -0.1) is 13.2 Å². The van der Waals surface area contributed by atoms with E-state index in [1.807, 2.05) is 0 Å². The molecule has 1 N–H and O–H groups in total. The van der Waals surface area contributed by atoms with Crippen molar-refractivity contribution in [3.63, 3.8) is 0 Å². The third-order valence-corrected chi connectivity index (χ3v) is 6.58. The topological polar surface area (TPSA) is 142 Å². The summed E-state index contributed by atoms with van der Waals surface area (Å²) in [5, 5.41) is 11.2. The Bertz CT molecular complexity index is 1270. The molecule has 2 aromatic rings. The molecule has 2 rings (SSSR count). The summed E-state index contributed by atoms with van der Waals surface area (Å²) in [5.74, 6) is -3.05. The maximum Gasteiger partial charge on any atom is 0.573 e. The number of halogens is 3. The largest absolute Gasteiger partial charge is 0.573 e. The average molecular weight is 561 g/mol. The van der Waals surface area contributed by atoms with E-state index in [4.69, 9.17) is 4.74 Å². The van der Waals surface area contributed by atoms with Crippen LogP contribution in [-0.2, 0) is 30.8 Å². The van der Waals surface area contributed by atoms with Gasteiger partial charge in [0.2, 0.25) is 10.0 Å². The van der Waals surface area contributed by atoms with Crippen LogP contribution < -0.4 is 9.46 Å². The number of ether oxygens (including phenoxy) is 2. The van der Waals surface area contributed by atoms with Gasteiger partial charge in [-0.1, -0.05) is 24.3 Å². The number of nitrogens with one attached hydrogen (secondary N) is 1. The number of ketones is 1. The van der Waals surface area contributed by atoms with Crippen LogP contribution in [0.2, 0.25) is 0 Å². The second-order valence-electron chi connectivity index (χ2n) is 9.36. The van der Waals surface area contributed by atoms with Gasteiger partial charge < -0.3 is 9.47 Å². The highest BCUT2D eigenvalue weighted by atomic mass is 32.2. The Hall–Kier alpha value is -3.52. The lowest BCUT2D eigenvalue weighted by atomic mass is 9.92. The summed E-state index contributed by atoms with van der Waals surface area (Å²) < 4.78 is 74.1. The Labute approximate surface area is 217 Å². The molecule has 0 spiro atoms. The zero-order valence-corrected chi connectivity index (χ0v) is 21.8. The van der Waals surface area contributed by atoms with Crippen molar-refractivity contribution in [3.8, 4) is 5.75 Å². The first-order valence-corrected chi connectivity index (χ1v) is 12.7. The number of nitrogens with zero attached hydrogens (tertiary/aromatic N) is 1. The number of benzene rings is 2. The highest BCUT2D eigenvalue weighted by molar-refractivity contribution is 7.89. The molecule has 0 bridgehead atoms. The molecule has 0 fully saturated rings. The van der Waals surface area contributed by atoms with Gasteiger partial charge in [0.25, 0.3) is 5.69 Å². The molecule has 0 saturated heterocycles. The van der Waals surface area contributed by atoms with E-state index in [-0.39, 0.29) is 6.42 Å². The van der Waals surface area contributed by atoms with Crippen molar-refractivity contribution in [1.29, 1.82) is 0 Å². The lowest BCUT2D eigenvalue weighted by molar-refractivity contribution is -0.387. The normalized spacial score (nSPS) is 13.9. The molecular weight excluding hydrogens is 533 g/mol. The molecule has 0 aliphatic carbocycles. The number of rotatable bonds is 11. The van der Waals surface area contributed by atoms with Crippen LogP contribution in [0.4, 0.5) is 18.9 Å². The number of nitro groups is 1. The number of nitro benzene ring substituents is 1. The van der Waals surface area contributed by atoms with Gasteiger partial charge in [-0.05, 0) is 57.9 Å². The van der Waals surface area contributed by atoms with Gasteiger partial charge in [-0.2, -0.15) is 0 Å². The van der Waals surface area contributed by atoms with Crippen LogP contribution in [0.25, 0.3) is 0 Å². The summed E-state index contributed by atoms with van der Waals surface area (Å²) in [6.07, 6.45) is -5.45. The predicted octanol–water partition coefficient (Wildman–Crippen LogP) is 4.32. The third-order valence-electron chi connectivity index (χ3n) is 4.99. The summed E-state index contributed by atoms with van der Waals surface area (Å²) in [7, 11) is -4.48. The fraction of sp³-hybridized carbons (Fsp3) is 0.417. The van der Waals surface area contributed by atoms with Gasteiger partial charge in [0.15, 0.2) is 10.7 Å². The smallest absolute Gasteiger partial charge is 0.460 e. The summed E-state index contributed by atoms with van der Waals surface area (Å²) in [6, 6.07) is 7.94. The van der Waals surface area contributed by atoms with Crippen LogP contribution in [0.3, 0.4) is 0 Å². The van der Waals surface area contributed by atoms with Crippen molar-refractivity contribution in [1.82, 2.24) is 4.72 Å². The van der Waals surface area contributed by atoms with Crippen molar-refractivity contribution >= 4 is 27.5 Å². The molecule has 0 amide bonds. The Morgan fingerprint density at radius 3 is 2.16 bits per heavy atom. The van der Waals surface area contributed by atoms with E-state index in [2.05, 4.69) is 9.46 Å². The lowest BCUT2D eigenvalue weighted by Gasteiger charge is -2.24.